The average molecular weight is 473 g/mol. The van der Waals surface area contributed by atoms with Crippen LogP contribution in [0.25, 0.3) is 0 Å². The Hall–Kier alpha value is -3.12. The van der Waals surface area contributed by atoms with Crippen LogP contribution in [-0.4, -0.2) is 23.4 Å². The Bertz CT molecular complexity index is 1090. The van der Waals surface area contributed by atoms with Gasteiger partial charge >= 0.3 is 6.09 Å². The summed E-state index contributed by atoms with van der Waals surface area (Å²) >= 11 is 5.89. The van der Waals surface area contributed by atoms with E-state index < -0.39 is 31.7 Å². The van der Waals surface area contributed by atoms with E-state index in [0.717, 1.165) is 5.56 Å². The molecule has 0 aromatic heterocycles. The summed E-state index contributed by atoms with van der Waals surface area (Å²) < 4.78 is 18.4. The fourth-order valence-corrected chi connectivity index (χ4v) is 4.84. The van der Waals surface area contributed by atoms with Crippen LogP contribution < -0.4 is 15.9 Å². The maximum atomic E-state index is 13.3. The van der Waals surface area contributed by atoms with Gasteiger partial charge in [0.25, 0.3) is 7.37 Å². The van der Waals surface area contributed by atoms with Gasteiger partial charge in [0.1, 0.15) is 18.9 Å². The zero-order valence-corrected chi connectivity index (χ0v) is 18.6. The smallest absolute Gasteiger partial charge is 0.407 e. The molecule has 0 aliphatic rings. The first kappa shape index (κ1) is 23.5. The molecule has 166 valence electrons. The van der Waals surface area contributed by atoms with Crippen molar-refractivity contribution in [2.24, 2.45) is 0 Å². The van der Waals surface area contributed by atoms with Crippen LogP contribution in [0.4, 0.5) is 4.79 Å². The highest BCUT2D eigenvalue weighted by atomic mass is 35.5. The van der Waals surface area contributed by atoms with E-state index in [1.165, 1.54) is 24.3 Å². The predicted molar refractivity (Wildman–Crippen MR) is 123 cm³/mol. The topological polar surface area (TPSA) is 105 Å². The molecule has 2 atom stereocenters. The molecule has 3 aromatic rings. The SMILES string of the molecule is O=C(CNC(=O)OCc1ccccc1)NC(c1ccccc1)P(=O)(O)c1ccc(Cl)cc1. The molecule has 2 amide bonds. The number of hydrogen-bond acceptors (Lipinski definition) is 4. The summed E-state index contributed by atoms with van der Waals surface area (Å²) in [5, 5.41) is 5.47. The van der Waals surface area contributed by atoms with E-state index in [4.69, 9.17) is 16.3 Å². The number of carbonyl (C=O) groups is 2. The van der Waals surface area contributed by atoms with Gasteiger partial charge in [0.15, 0.2) is 0 Å². The fraction of sp³-hybridized carbons (Fsp3) is 0.130. The molecule has 0 saturated carbocycles. The molecule has 3 rings (SSSR count). The summed E-state index contributed by atoms with van der Waals surface area (Å²) in [7, 11) is -4.09. The number of hydrogen-bond donors (Lipinski definition) is 3. The fourth-order valence-electron chi connectivity index (χ4n) is 2.94. The standard InChI is InChI=1S/C23H22ClN2O5P/c24-19-11-13-20(14-12-19)32(29,30)22(18-9-5-2-6-10-18)26-21(27)15-25-23(28)31-16-17-7-3-1-4-8-17/h1-14,22H,15-16H2,(H,25,28)(H,26,27)(H,29,30). The largest absolute Gasteiger partial charge is 0.445 e. The van der Waals surface area contributed by atoms with Crippen LogP contribution in [0.1, 0.15) is 16.9 Å². The van der Waals surface area contributed by atoms with Gasteiger partial charge in [-0.1, -0.05) is 72.3 Å². The third kappa shape index (κ3) is 6.44. The van der Waals surface area contributed by atoms with Crippen molar-refractivity contribution < 1.29 is 23.8 Å². The highest BCUT2D eigenvalue weighted by Gasteiger charge is 2.35. The average Bonchev–Trinajstić information content (AvgIpc) is 2.81. The molecule has 9 heteroatoms. The van der Waals surface area contributed by atoms with Crippen LogP contribution in [-0.2, 0) is 20.7 Å². The zero-order chi connectivity index (χ0) is 23.0. The summed E-state index contributed by atoms with van der Waals surface area (Å²) in [6, 6.07) is 23.5. The second kappa shape index (κ2) is 11.0. The van der Waals surface area contributed by atoms with Gasteiger partial charge in [0.05, 0.1) is 0 Å². The molecule has 0 heterocycles. The second-order valence-corrected chi connectivity index (χ2v) is 9.61. The Kier molecular flexibility index (Phi) is 8.06. The van der Waals surface area contributed by atoms with E-state index in [-0.39, 0.29) is 11.9 Å². The number of alkyl carbamates (subject to hydrolysis) is 1. The van der Waals surface area contributed by atoms with Gasteiger partial charge in [0, 0.05) is 10.3 Å². The molecule has 0 spiro atoms. The summed E-state index contributed by atoms with van der Waals surface area (Å²) in [6.45, 7) is -0.360. The Labute approximate surface area is 190 Å². The lowest BCUT2D eigenvalue weighted by Crippen LogP contribution is -2.39. The van der Waals surface area contributed by atoms with Gasteiger partial charge in [-0.2, -0.15) is 0 Å². The third-order valence-electron chi connectivity index (χ3n) is 4.57. The van der Waals surface area contributed by atoms with Crippen molar-refractivity contribution in [2.45, 2.75) is 12.4 Å². The quantitative estimate of drug-likeness (QED) is 0.430. The Balaban J connectivity index is 1.65. The minimum Gasteiger partial charge on any atom is -0.445 e. The van der Waals surface area contributed by atoms with E-state index >= 15 is 0 Å². The van der Waals surface area contributed by atoms with Crippen LogP contribution in [0, 0.1) is 0 Å². The molecule has 0 aliphatic heterocycles. The molecule has 32 heavy (non-hydrogen) atoms. The third-order valence-corrected chi connectivity index (χ3v) is 6.98. The van der Waals surface area contributed by atoms with Gasteiger partial charge in [0.2, 0.25) is 5.91 Å². The van der Waals surface area contributed by atoms with Crippen molar-refractivity contribution in [3.8, 4) is 0 Å². The minimum atomic E-state index is -4.09. The Morgan fingerprint density at radius 1 is 0.938 bits per heavy atom. The monoisotopic (exact) mass is 472 g/mol. The molecule has 0 fully saturated rings. The van der Waals surface area contributed by atoms with Gasteiger partial charge in [-0.3, -0.25) is 9.36 Å². The highest BCUT2D eigenvalue weighted by Crippen LogP contribution is 2.52. The van der Waals surface area contributed by atoms with Crippen LogP contribution in [0.15, 0.2) is 84.9 Å². The number of halogens is 1. The van der Waals surface area contributed by atoms with Crippen molar-refractivity contribution in [1.82, 2.24) is 10.6 Å². The minimum absolute atomic E-state index is 0.0589. The van der Waals surface area contributed by atoms with Crippen LogP contribution in [0.2, 0.25) is 5.02 Å². The molecule has 3 N–H and O–H groups in total. The van der Waals surface area contributed by atoms with Gasteiger partial charge < -0.3 is 20.3 Å². The number of ether oxygens (including phenoxy) is 1. The number of carbonyl (C=O) groups excluding carboxylic acids is 2. The van der Waals surface area contributed by atoms with Crippen molar-refractivity contribution in [3.05, 3.63) is 101 Å². The molecular formula is C23H22ClN2O5P. The lowest BCUT2D eigenvalue weighted by atomic mass is 10.2. The summed E-state index contributed by atoms with van der Waals surface area (Å²) in [6.07, 6.45) is -0.773. The Morgan fingerprint density at radius 2 is 1.53 bits per heavy atom. The predicted octanol–water partition coefficient (Wildman–Crippen LogP) is 3.98. The number of amides is 2. The maximum Gasteiger partial charge on any atom is 0.407 e. The van der Waals surface area contributed by atoms with Crippen molar-refractivity contribution in [3.63, 3.8) is 0 Å². The molecule has 2 unspecified atom stereocenters. The number of benzene rings is 3. The zero-order valence-electron chi connectivity index (χ0n) is 17.0. The van der Waals surface area contributed by atoms with Gasteiger partial charge in [-0.15, -0.1) is 0 Å². The second-order valence-electron chi connectivity index (χ2n) is 6.90. The molecular weight excluding hydrogens is 451 g/mol. The molecule has 0 aliphatic carbocycles. The summed E-state index contributed by atoms with van der Waals surface area (Å²) in [4.78, 5) is 35.3. The highest BCUT2D eigenvalue weighted by molar-refractivity contribution is 7.66. The molecule has 0 bridgehead atoms. The van der Waals surface area contributed by atoms with Gasteiger partial charge in [-0.05, 0) is 35.4 Å². The van der Waals surface area contributed by atoms with E-state index in [0.29, 0.717) is 10.6 Å². The van der Waals surface area contributed by atoms with E-state index in [9.17, 15) is 19.0 Å². The maximum absolute atomic E-state index is 13.3. The van der Waals surface area contributed by atoms with E-state index in [1.807, 2.05) is 18.2 Å². The van der Waals surface area contributed by atoms with E-state index in [2.05, 4.69) is 10.6 Å². The normalized spacial score (nSPS) is 13.4. The first-order chi connectivity index (χ1) is 15.4. The molecule has 0 saturated heterocycles. The van der Waals surface area contributed by atoms with Crippen LogP contribution in [0.3, 0.4) is 0 Å². The lowest BCUT2D eigenvalue weighted by Gasteiger charge is -2.25. The number of nitrogens with one attached hydrogen (secondary N) is 2. The van der Waals surface area contributed by atoms with Crippen molar-refractivity contribution >= 4 is 36.3 Å². The Morgan fingerprint density at radius 3 is 2.16 bits per heavy atom. The molecule has 3 aromatic carbocycles. The van der Waals surface area contributed by atoms with Crippen LogP contribution >= 0.6 is 19.0 Å². The summed E-state index contributed by atoms with van der Waals surface area (Å²) in [5.41, 5.74) is 1.26. The molecule has 7 nitrogen and oxygen atoms in total. The molecule has 0 radical (unpaired) electrons. The van der Waals surface area contributed by atoms with E-state index in [1.54, 1.807) is 42.5 Å². The lowest BCUT2D eigenvalue weighted by molar-refractivity contribution is -0.120. The summed E-state index contributed by atoms with van der Waals surface area (Å²) in [5.74, 6) is -1.85. The van der Waals surface area contributed by atoms with Crippen molar-refractivity contribution in [2.75, 3.05) is 6.54 Å². The number of rotatable bonds is 8. The van der Waals surface area contributed by atoms with Gasteiger partial charge in [-0.25, -0.2) is 4.79 Å². The first-order valence-electron chi connectivity index (χ1n) is 9.74. The van der Waals surface area contributed by atoms with Crippen molar-refractivity contribution in [1.29, 1.82) is 0 Å². The van der Waals surface area contributed by atoms with Crippen LogP contribution in [0.5, 0.6) is 0 Å². The first-order valence-corrected chi connectivity index (χ1v) is 11.8.